The number of likely N-dealkylation sites (tertiary alicyclic amines) is 1. The summed E-state index contributed by atoms with van der Waals surface area (Å²) in [7, 11) is 0. The van der Waals surface area contributed by atoms with Crippen molar-refractivity contribution < 1.29 is 14.3 Å². The van der Waals surface area contributed by atoms with Crippen molar-refractivity contribution in [1.82, 2.24) is 4.90 Å². The normalized spacial score (nSPS) is 28.9. The highest BCUT2D eigenvalue weighted by molar-refractivity contribution is 5.96. The molecule has 2 fully saturated rings. The molecule has 2 amide bonds. The van der Waals surface area contributed by atoms with Crippen LogP contribution in [-0.4, -0.2) is 36.0 Å². The van der Waals surface area contributed by atoms with E-state index in [9.17, 15) is 9.59 Å². The lowest BCUT2D eigenvalue weighted by molar-refractivity contribution is -0.144. The summed E-state index contributed by atoms with van der Waals surface area (Å²) < 4.78 is 5.00. The maximum atomic E-state index is 11.4. The summed E-state index contributed by atoms with van der Waals surface area (Å²) in [5.41, 5.74) is 0. The Bertz CT molecular complexity index is 217. The summed E-state index contributed by atoms with van der Waals surface area (Å²) in [6, 6.07) is 0. The summed E-state index contributed by atoms with van der Waals surface area (Å²) in [6.45, 7) is 1.16. The van der Waals surface area contributed by atoms with Gasteiger partial charge in [0, 0.05) is 12.8 Å². The fourth-order valence-electron chi connectivity index (χ4n) is 1.54. The molecule has 72 valence electrons. The first-order valence-electron chi connectivity index (χ1n) is 4.72. The van der Waals surface area contributed by atoms with Crippen LogP contribution in [0.1, 0.15) is 25.7 Å². The Morgan fingerprint density at radius 2 is 1.77 bits per heavy atom. The predicted molar refractivity (Wildman–Crippen MR) is 44.9 cm³/mol. The zero-order valence-electron chi connectivity index (χ0n) is 7.49. The Morgan fingerprint density at radius 3 is 2.23 bits per heavy atom. The van der Waals surface area contributed by atoms with Gasteiger partial charge in [-0.1, -0.05) is 0 Å². The SMILES string of the molecule is O=C1CCCCC(=O)N1CC1CO1. The third-order valence-electron chi connectivity index (χ3n) is 2.42. The monoisotopic (exact) mass is 183 g/mol. The highest BCUT2D eigenvalue weighted by Crippen LogP contribution is 2.17. The summed E-state index contributed by atoms with van der Waals surface area (Å²) >= 11 is 0. The summed E-state index contributed by atoms with van der Waals surface area (Å²) in [5, 5.41) is 0. The number of epoxide rings is 1. The van der Waals surface area contributed by atoms with Crippen molar-refractivity contribution in [2.24, 2.45) is 0 Å². The molecule has 2 rings (SSSR count). The molecule has 0 bridgehead atoms. The molecule has 2 aliphatic heterocycles. The molecule has 0 saturated carbocycles. The van der Waals surface area contributed by atoms with Crippen molar-refractivity contribution in [2.75, 3.05) is 13.2 Å². The van der Waals surface area contributed by atoms with Gasteiger partial charge in [-0.2, -0.15) is 0 Å². The zero-order chi connectivity index (χ0) is 9.26. The summed E-state index contributed by atoms with van der Waals surface area (Å²) in [4.78, 5) is 24.2. The molecule has 0 aromatic carbocycles. The molecular weight excluding hydrogens is 170 g/mol. The Kier molecular flexibility index (Phi) is 2.31. The second-order valence-corrected chi connectivity index (χ2v) is 3.56. The molecule has 0 aromatic rings. The van der Waals surface area contributed by atoms with Gasteiger partial charge in [0.05, 0.1) is 19.3 Å². The number of rotatable bonds is 2. The Labute approximate surface area is 76.8 Å². The van der Waals surface area contributed by atoms with Crippen LogP contribution in [0.25, 0.3) is 0 Å². The molecule has 4 heteroatoms. The first kappa shape index (κ1) is 8.69. The highest BCUT2D eigenvalue weighted by Gasteiger charge is 2.32. The van der Waals surface area contributed by atoms with Crippen molar-refractivity contribution in [3.63, 3.8) is 0 Å². The number of carbonyl (C=O) groups is 2. The largest absolute Gasteiger partial charge is 0.371 e. The number of carbonyl (C=O) groups excluding carboxylic acids is 2. The molecule has 0 aromatic heterocycles. The summed E-state index contributed by atoms with van der Waals surface area (Å²) in [6.07, 6.45) is 2.82. The van der Waals surface area contributed by atoms with Crippen molar-refractivity contribution in [2.45, 2.75) is 31.8 Å². The number of nitrogens with zero attached hydrogens (tertiary/aromatic N) is 1. The van der Waals surface area contributed by atoms with Crippen molar-refractivity contribution in [3.8, 4) is 0 Å². The van der Waals surface area contributed by atoms with E-state index in [-0.39, 0.29) is 17.9 Å². The number of hydrogen-bond acceptors (Lipinski definition) is 3. The van der Waals surface area contributed by atoms with Crippen LogP contribution in [0.4, 0.5) is 0 Å². The van der Waals surface area contributed by atoms with E-state index in [4.69, 9.17) is 4.74 Å². The van der Waals surface area contributed by atoms with E-state index in [1.165, 1.54) is 4.90 Å². The van der Waals surface area contributed by atoms with Crippen LogP contribution < -0.4 is 0 Å². The van der Waals surface area contributed by atoms with E-state index in [1.54, 1.807) is 0 Å². The maximum absolute atomic E-state index is 11.4. The number of hydrogen-bond donors (Lipinski definition) is 0. The van der Waals surface area contributed by atoms with Crippen LogP contribution in [0.3, 0.4) is 0 Å². The molecular formula is C9H13NO3. The van der Waals surface area contributed by atoms with Gasteiger partial charge in [-0.25, -0.2) is 0 Å². The van der Waals surface area contributed by atoms with Gasteiger partial charge < -0.3 is 4.74 Å². The fraction of sp³-hybridized carbons (Fsp3) is 0.778. The molecule has 1 unspecified atom stereocenters. The molecule has 2 aliphatic rings. The first-order valence-corrected chi connectivity index (χ1v) is 4.72. The Balaban J connectivity index is 2.00. The standard InChI is InChI=1S/C9H13NO3/c11-8-3-1-2-4-9(12)10(8)5-7-6-13-7/h7H,1-6H2. The van der Waals surface area contributed by atoms with Crippen LogP contribution in [0.2, 0.25) is 0 Å². The van der Waals surface area contributed by atoms with Gasteiger partial charge in [-0.05, 0) is 12.8 Å². The second kappa shape index (κ2) is 3.46. The molecule has 0 spiro atoms. The van der Waals surface area contributed by atoms with E-state index in [0.29, 0.717) is 26.0 Å². The van der Waals surface area contributed by atoms with Crippen LogP contribution in [-0.2, 0) is 14.3 Å². The molecule has 0 aliphatic carbocycles. The smallest absolute Gasteiger partial charge is 0.229 e. The van der Waals surface area contributed by atoms with E-state index in [1.807, 2.05) is 0 Å². The third-order valence-corrected chi connectivity index (χ3v) is 2.42. The number of imide groups is 1. The molecule has 0 N–H and O–H groups in total. The van der Waals surface area contributed by atoms with Gasteiger partial charge in [0.2, 0.25) is 11.8 Å². The quantitative estimate of drug-likeness (QED) is 0.457. The minimum absolute atomic E-state index is 0.0296. The third kappa shape index (κ3) is 2.06. The van der Waals surface area contributed by atoms with Gasteiger partial charge >= 0.3 is 0 Å². The predicted octanol–water partition coefficient (Wildman–Crippen LogP) is 0.314. The zero-order valence-corrected chi connectivity index (χ0v) is 7.49. The van der Waals surface area contributed by atoms with Gasteiger partial charge in [0.25, 0.3) is 0 Å². The van der Waals surface area contributed by atoms with E-state index < -0.39 is 0 Å². The minimum atomic E-state index is -0.0296. The van der Waals surface area contributed by atoms with E-state index in [0.717, 1.165) is 12.8 Å². The lowest BCUT2D eigenvalue weighted by atomic mass is 10.2. The van der Waals surface area contributed by atoms with Crippen molar-refractivity contribution >= 4 is 11.8 Å². The van der Waals surface area contributed by atoms with Crippen LogP contribution >= 0.6 is 0 Å². The van der Waals surface area contributed by atoms with Gasteiger partial charge in [0.1, 0.15) is 0 Å². The van der Waals surface area contributed by atoms with Gasteiger partial charge in [-0.3, -0.25) is 14.5 Å². The minimum Gasteiger partial charge on any atom is -0.371 e. The van der Waals surface area contributed by atoms with E-state index >= 15 is 0 Å². The van der Waals surface area contributed by atoms with E-state index in [2.05, 4.69) is 0 Å². The van der Waals surface area contributed by atoms with Gasteiger partial charge in [-0.15, -0.1) is 0 Å². The average molecular weight is 183 g/mol. The first-order chi connectivity index (χ1) is 6.27. The van der Waals surface area contributed by atoms with Crippen molar-refractivity contribution in [3.05, 3.63) is 0 Å². The molecule has 0 radical (unpaired) electrons. The lowest BCUT2D eigenvalue weighted by Crippen LogP contribution is -2.37. The topological polar surface area (TPSA) is 49.9 Å². The second-order valence-electron chi connectivity index (χ2n) is 3.56. The van der Waals surface area contributed by atoms with Crippen LogP contribution in [0, 0.1) is 0 Å². The number of ether oxygens (including phenoxy) is 1. The Hall–Kier alpha value is -0.900. The highest BCUT2D eigenvalue weighted by atomic mass is 16.6. The van der Waals surface area contributed by atoms with Crippen molar-refractivity contribution in [1.29, 1.82) is 0 Å². The van der Waals surface area contributed by atoms with Crippen LogP contribution in [0.15, 0.2) is 0 Å². The lowest BCUT2D eigenvalue weighted by Gasteiger charge is -2.16. The molecule has 1 atom stereocenters. The molecule has 13 heavy (non-hydrogen) atoms. The number of amides is 2. The average Bonchev–Trinajstić information content (AvgIpc) is 2.90. The Morgan fingerprint density at radius 1 is 1.23 bits per heavy atom. The summed E-state index contributed by atoms with van der Waals surface area (Å²) in [5.74, 6) is -0.0593. The molecule has 4 nitrogen and oxygen atoms in total. The molecule has 2 saturated heterocycles. The molecule has 2 heterocycles. The maximum Gasteiger partial charge on any atom is 0.229 e. The van der Waals surface area contributed by atoms with Crippen LogP contribution in [0.5, 0.6) is 0 Å². The van der Waals surface area contributed by atoms with Gasteiger partial charge in [0.15, 0.2) is 0 Å². The fourth-order valence-corrected chi connectivity index (χ4v) is 1.54.